The molecule has 3 rings (SSSR count). The lowest BCUT2D eigenvalue weighted by Crippen LogP contribution is -2.27. The predicted octanol–water partition coefficient (Wildman–Crippen LogP) is 2.32. The van der Waals surface area contributed by atoms with Crippen molar-refractivity contribution < 1.29 is 0 Å². The Morgan fingerprint density at radius 3 is 2.79 bits per heavy atom. The Hall–Kier alpha value is -1.32. The number of fused-ring (bicyclic) bond motifs is 2. The summed E-state index contributed by atoms with van der Waals surface area (Å²) in [6, 6.07) is 5.27. The van der Waals surface area contributed by atoms with Gasteiger partial charge in [0.15, 0.2) is 0 Å². The SMILES string of the molecule is CCNC(C)Cc1cn(C)c2cc3c(cc12)CNC3. The van der Waals surface area contributed by atoms with Crippen LogP contribution in [0.3, 0.4) is 0 Å². The van der Waals surface area contributed by atoms with E-state index < -0.39 is 0 Å². The summed E-state index contributed by atoms with van der Waals surface area (Å²) in [5.41, 5.74) is 5.75. The first-order valence-corrected chi connectivity index (χ1v) is 7.23. The van der Waals surface area contributed by atoms with Crippen molar-refractivity contribution in [2.75, 3.05) is 6.54 Å². The monoisotopic (exact) mass is 257 g/mol. The van der Waals surface area contributed by atoms with Gasteiger partial charge in [-0.3, -0.25) is 0 Å². The van der Waals surface area contributed by atoms with Crippen LogP contribution in [0.25, 0.3) is 10.9 Å². The fourth-order valence-corrected chi connectivity index (χ4v) is 3.17. The zero-order chi connectivity index (χ0) is 13.4. The van der Waals surface area contributed by atoms with Crippen LogP contribution in [0.15, 0.2) is 18.3 Å². The molecule has 1 unspecified atom stereocenters. The van der Waals surface area contributed by atoms with Gasteiger partial charge in [0.25, 0.3) is 0 Å². The Kier molecular flexibility index (Phi) is 3.33. The maximum Gasteiger partial charge on any atom is 0.0484 e. The van der Waals surface area contributed by atoms with Gasteiger partial charge >= 0.3 is 0 Å². The van der Waals surface area contributed by atoms with Gasteiger partial charge in [-0.1, -0.05) is 6.92 Å². The molecule has 0 fully saturated rings. The molecule has 3 nitrogen and oxygen atoms in total. The summed E-state index contributed by atoms with van der Waals surface area (Å²) in [6.45, 7) is 7.49. The first-order valence-electron chi connectivity index (χ1n) is 7.23. The van der Waals surface area contributed by atoms with Gasteiger partial charge in [-0.25, -0.2) is 0 Å². The molecule has 0 saturated heterocycles. The van der Waals surface area contributed by atoms with Crippen molar-refractivity contribution in [3.8, 4) is 0 Å². The van der Waals surface area contributed by atoms with Crippen LogP contribution in [0.4, 0.5) is 0 Å². The molecule has 2 aromatic rings. The molecule has 0 bridgehead atoms. The molecule has 1 aromatic heterocycles. The maximum atomic E-state index is 3.50. The third-order valence-electron chi connectivity index (χ3n) is 4.10. The van der Waals surface area contributed by atoms with Gasteiger partial charge in [0.2, 0.25) is 0 Å². The molecular weight excluding hydrogens is 234 g/mol. The Morgan fingerprint density at radius 2 is 2.05 bits per heavy atom. The number of nitrogens with zero attached hydrogens (tertiary/aromatic N) is 1. The van der Waals surface area contributed by atoms with E-state index in [2.05, 4.69) is 54.4 Å². The molecule has 1 atom stereocenters. The molecule has 0 saturated carbocycles. The summed E-state index contributed by atoms with van der Waals surface area (Å²) in [6.07, 6.45) is 3.39. The second-order valence-corrected chi connectivity index (χ2v) is 5.67. The van der Waals surface area contributed by atoms with Gasteiger partial charge in [0.1, 0.15) is 0 Å². The smallest absolute Gasteiger partial charge is 0.0484 e. The summed E-state index contributed by atoms with van der Waals surface area (Å²) in [5, 5.41) is 8.36. The van der Waals surface area contributed by atoms with Crippen molar-refractivity contribution in [1.82, 2.24) is 15.2 Å². The van der Waals surface area contributed by atoms with Gasteiger partial charge in [-0.15, -0.1) is 0 Å². The minimum absolute atomic E-state index is 0.530. The van der Waals surface area contributed by atoms with Crippen LogP contribution >= 0.6 is 0 Å². The van der Waals surface area contributed by atoms with E-state index in [1.165, 1.54) is 27.6 Å². The number of hydrogen-bond donors (Lipinski definition) is 2. The molecule has 0 radical (unpaired) electrons. The molecule has 1 aromatic carbocycles. The van der Waals surface area contributed by atoms with Gasteiger partial charge in [0, 0.05) is 43.3 Å². The zero-order valence-corrected chi connectivity index (χ0v) is 12.1. The van der Waals surface area contributed by atoms with Crippen LogP contribution in [0, 0.1) is 0 Å². The van der Waals surface area contributed by atoms with Crippen LogP contribution in [0.5, 0.6) is 0 Å². The predicted molar refractivity (Wildman–Crippen MR) is 80.3 cm³/mol. The molecule has 102 valence electrons. The molecule has 1 aliphatic heterocycles. The fraction of sp³-hybridized carbons (Fsp3) is 0.500. The molecule has 0 amide bonds. The van der Waals surface area contributed by atoms with Crippen molar-refractivity contribution in [2.45, 2.75) is 39.4 Å². The average molecular weight is 257 g/mol. The molecule has 1 aliphatic rings. The minimum Gasteiger partial charge on any atom is -0.350 e. The van der Waals surface area contributed by atoms with Crippen molar-refractivity contribution in [2.24, 2.45) is 7.05 Å². The highest BCUT2D eigenvalue weighted by atomic mass is 14.9. The van der Waals surface area contributed by atoms with Gasteiger partial charge in [-0.05, 0) is 48.7 Å². The second-order valence-electron chi connectivity index (χ2n) is 5.67. The van der Waals surface area contributed by atoms with E-state index in [0.29, 0.717) is 6.04 Å². The van der Waals surface area contributed by atoms with Crippen LogP contribution < -0.4 is 10.6 Å². The van der Waals surface area contributed by atoms with Crippen molar-refractivity contribution in [3.63, 3.8) is 0 Å². The van der Waals surface area contributed by atoms with E-state index in [9.17, 15) is 0 Å². The van der Waals surface area contributed by atoms with Crippen molar-refractivity contribution in [1.29, 1.82) is 0 Å². The quantitative estimate of drug-likeness (QED) is 0.880. The standard InChI is InChI=1S/C16H23N3/c1-4-18-11(2)5-14-10-19(3)16-7-13-9-17-8-12(13)6-15(14)16/h6-7,10-11,17-18H,4-5,8-9H2,1-3H3. The molecule has 2 N–H and O–H groups in total. The van der Waals surface area contributed by atoms with Gasteiger partial charge in [0.05, 0.1) is 0 Å². The van der Waals surface area contributed by atoms with E-state index >= 15 is 0 Å². The normalized spacial score (nSPS) is 15.9. The summed E-state index contributed by atoms with van der Waals surface area (Å²) >= 11 is 0. The lowest BCUT2D eigenvalue weighted by molar-refractivity contribution is 0.566. The Bertz CT molecular complexity index is 598. The Morgan fingerprint density at radius 1 is 1.32 bits per heavy atom. The highest BCUT2D eigenvalue weighted by molar-refractivity contribution is 5.86. The van der Waals surface area contributed by atoms with Crippen LogP contribution in [0.1, 0.15) is 30.5 Å². The van der Waals surface area contributed by atoms with Crippen molar-refractivity contribution in [3.05, 3.63) is 35.0 Å². The topological polar surface area (TPSA) is 29.0 Å². The summed E-state index contributed by atoms with van der Waals surface area (Å²) < 4.78 is 2.27. The number of nitrogens with one attached hydrogen (secondary N) is 2. The van der Waals surface area contributed by atoms with E-state index in [0.717, 1.165) is 26.1 Å². The van der Waals surface area contributed by atoms with Gasteiger partial charge in [-0.2, -0.15) is 0 Å². The molecule has 0 spiro atoms. The number of aryl methyl sites for hydroxylation is 1. The Balaban J connectivity index is 2.01. The highest BCUT2D eigenvalue weighted by Crippen LogP contribution is 2.27. The lowest BCUT2D eigenvalue weighted by atomic mass is 10.0. The van der Waals surface area contributed by atoms with Crippen LogP contribution in [0.2, 0.25) is 0 Å². The molecule has 3 heteroatoms. The number of likely N-dealkylation sites (N-methyl/N-ethyl adjacent to an activating group) is 1. The number of aromatic nitrogens is 1. The number of rotatable bonds is 4. The average Bonchev–Trinajstić information content (AvgIpc) is 2.93. The Labute approximate surface area is 115 Å². The third-order valence-corrected chi connectivity index (χ3v) is 4.10. The van der Waals surface area contributed by atoms with Crippen LogP contribution in [-0.4, -0.2) is 17.2 Å². The first-order chi connectivity index (χ1) is 9.19. The van der Waals surface area contributed by atoms with Crippen LogP contribution in [-0.2, 0) is 26.6 Å². The fourth-order valence-electron chi connectivity index (χ4n) is 3.17. The molecule has 2 heterocycles. The second kappa shape index (κ2) is 4.99. The lowest BCUT2D eigenvalue weighted by Gasteiger charge is -2.11. The van der Waals surface area contributed by atoms with Crippen molar-refractivity contribution >= 4 is 10.9 Å². The van der Waals surface area contributed by atoms with E-state index in [4.69, 9.17) is 0 Å². The number of benzene rings is 1. The largest absolute Gasteiger partial charge is 0.350 e. The minimum atomic E-state index is 0.530. The summed E-state index contributed by atoms with van der Waals surface area (Å²) in [5.74, 6) is 0. The van der Waals surface area contributed by atoms with E-state index in [-0.39, 0.29) is 0 Å². The highest BCUT2D eigenvalue weighted by Gasteiger charge is 2.15. The van der Waals surface area contributed by atoms with Gasteiger partial charge < -0.3 is 15.2 Å². The van der Waals surface area contributed by atoms with E-state index in [1.54, 1.807) is 0 Å². The zero-order valence-electron chi connectivity index (χ0n) is 12.1. The summed E-state index contributed by atoms with van der Waals surface area (Å²) in [7, 11) is 2.15. The molecule has 0 aliphatic carbocycles. The number of hydrogen-bond acceptors (Lipinski definition) is 2. The third kappa shape index (κ3) is 2.28. The molecular formula is C16H23N3. The summed E-state index contributed by atoms with van der Waals surface area (Å²) in [4.78, 5) is 0. The maximum absolute atomic E-state index is 3.50. The van der Waals surface area contributed by atoms with E-state index in [1.807, 2.05) is 0 Å². The molecule has 19 heavy (non-hydrogen) atoms. The first kappa shape index (κ1) is 12.7.